The van der Waals surface area contributed by atoms with E-state index < -0.39 is 42.2 Å². The van der Waals surface area contributed by atoms with Gasteiger partial charge >= 0.3 is 24.4 Å². The number of rotatable bonds is 13. The molecule has 12 nitrogen and oxygen atoms in total. The zero-order chi connectivity index (χ0) is 32.2. The zero-order valence-electron chi connectivity index (χ0n) is 25.6. The van der Waals surface area contributed by atoms with Crippen LogP contribution in [0.2, 0.25) is 0 Å². The highest BCUT2D eigenvalue weighted by molar-refractivity contribution is 5.81. The highest BCUT2D eigenvalue weighted by atomic mass is 16.8. The molecule has 2 unspecified atom stereocenters. The fraction of sp³-hybridized carbons (Fsp3) is 0.484. The summed E-state index contributed by atoms with van der Waals surface area (Å²) < 4.78 is 36.4. The number of hydrogen-bond acceptors (Lipinski definition) is 12. The average molecular weight is 604 g/mol. The Hall–Kier alpha value is -4.32. The van der Waals surface area contributed by atoms with Gasteiger partial charge < -0.3 is 38.9 Å². The van der Waals surface area contributed by atoms with Crippen LogP contribution < -0.4 is 19.9 Å². The van der Waals surface area contributed by atoms with Crippen molar-refractivity contribution in [3.8, 4) is 17.2 Å². The fourth-order valence-electron chi connectivity index (χ4n) is 3.39. The Balaban J connectivity index is 2.24. The van der Waals surface area contributed by atoms with E-state index in [0.717, 1.165) is 0 Å². The number of methoxy groups -OCH3 is 1. The maximum Gasteiger partial charge on any atom is 0.514 e. The molecule has 0 radical (unpaired) electrons. The third-order valence-corrected chi connectivity index (χ3v) is 6.66. The number of carbonyl (C=O) groups is 4. The van der Waals surface area contributed by atoms with Crippen LogP contribution in [0.15, 0.2) is 48.5 Å². The first-order valence-corrected chi connectivity index (χ1v) is 13.9. The van der Waals surface area contributed by atoms with Crippen molar-refractivity contribution in [2.75, 3.05) is 13.7 Å². The number of esters is 1. The summed E-state index contributed by atoms with van der Waals surface area (Å²) in [4.78, 5) is 49.7. The van der Waals surface area contributed by atoms with Gasteiger partial charge in [0.05, 0.1) is 13.7 Å². The summed E-state index contributed by atoms with van der Waals surface area (Å²) in [5.74, 6) is -0.704. The Morgan fingerprint density at radius 3 is 1.84 bits per heavy atom. The molecule has 0 heterocycles. The van der Waals surface area contributed by atoms with E-state index >= 15 is 0 Å². The second kappa shape index (κ2) is 16.4. The molecular formula is C31H41NO11. The van der Waals surface area contributed by atoms with Gasteiger partial charge in [0.2, 0.25) is 0 Å². The largest absolute Gasteiger partial charge is 0.514 e. The quantitative estimate of drug-likeness (QED) is 0.166. The molecule has 2 aromatic rings. The fourth-order valence-corrected chi connectivity index (χ4v) is 3.39. The van der Waals surface area contributed by atoms with E-state index in [4.69, 9.17) is 38.9 Å². The van der Waals surface area contributed by atoms with Crippen molar-refractivity contribution < 1.29 is 52.3 Å². The normalized spacial score (nSPS) is 13.7. The Bertz CT molecular complexity index is 1230. The third kappa shape index (κ3) is 11.5. The lowest BCUT2D eigenvalue weighted by Crippen LogP contribution is -2.51. The van der Waals surface area contributed by atoms with Gasteiger partial charge in [-0.3, -0.25) is 4.79 Å². The van der Waals surface area contributed by atoms with Crippen molar-refractivity contribution in [3.63, 3.8) is 0 Å². The molecule has 236 valence electrons. The summed E-state index contributed by atoms with van der Waals surface area (Å²) in [5, 5.41) is 0. The molecule has 43 heavy (non-hydrogen) atoms. The molecule has 12 heteroatoms. The standard InChI is InChI=1S/C31H41NO11/c1-19(2)21(5)39-29(35)42-25-14-13-23(17-26(25)43-30(36)40-22(6)20(3)4)18-31(32,27(33)37-7)15-16-38-28(34)41-24-11-9-8-10-12-24/h8-14,17,19-22H,15-16,18,32H2,1-7H3/t21?,22?,31-/m1/s1. The smallest absolute Gasteiger partial charge is 0.468 e. The Morgan fingerprint density at radius 2 is 1.30 bits per heavy atom. The molecule has 2 aromatic carbocycles. The van der Waals surface area contributed by atoms with Crippen molar-refractivity contribution in [3.05, 3.63) is 54.1 Å². The molecule has 0 amide bonds. The van der Waals surface area contributed by atoms with Crippen LogP contribution in [0.4, 0.5) is 14.4 Å². The number of para-hydroxylation sites is 1. The van der Waals surface area contributed by atoms with Crippen molar-refractivity contribution >= 4 is 24.4 Å². The van der Waals surface area contributed by atoms with Gasteiger partial charge in [0, 0.05) is 12.8 Å². The van der Waals surface area contributed by atoms with Crippen molar-refractivity contribution in [1.82, 2.24) is 0 Å². The summed E-state index contributed by atoms with van der Waals surface area (Å²) >= 11 is 0. The third-order valence-electron chi connectivity index (χ3n) is 6.66. The van der Waals surface area contributed by atoms with E-state index in [2.05, 4.69) is 0 Å². The molecule has 3 atom stereocenters. The lowest BCUT2D eigenvalue weighted by Gasteiger charge is -2.26. The molecule has 0 saturated heterocycles. The highest BCUT2D eigenvalue weighted by Gasteiger charge is 2.36. The molecule has 2 rings (SSSR count). The number of benzene rings is 2. The topological polar surface area (TPSA) is 159 Å². The highest BCUT2D eigenvalue weighted by Crippen LogP contribution is 2.32. The lowest BCUT2D eigenvalue weighted by atomic mass is 9.88. The number of hydrogen-bond donors (Lipinski definition) is 1. The number of nitrogens with two attached hydrogens (primary N) is 1. The monoisotopic (exact) mass is 603 g/mol. The van der Waals surface area contributed by atoms with E-state index in [-0.39, 0.29) is 48.5 Å². The van der Waals surface area contributed by atoms with Gasteiger partial charge in [0.15, 0.2) is 11.5 Å². The molecule has 0 aliphatic heterocycles. The van der Waals surface area contributed by atoms with Crippen LogP contribution in [0.25, 0.3) is 0 Å². The van der Waals surface area contributed by atoms with Gasteiger partial charge in [-0.25, -0.2) is 14.4 Å². The van der Waals surface area contributed by atoms with Gasteiger partial charge in [-0.2, -0.15) is 0 Å². The maximum absolute atomic E-state index is 12.7. The predicted molar refractivity (Wildman–Crippen MR) is 155 cm³/mol. The lowest BCUT2D eigenvalue weighted by molar-refractivity contribution is -0.147. The summed E-state index contributed by atoms with van der Waals surface area (Å²) in [6, 6.07) is 12.6. The van der Waals surface area contributed by atoms with Gasteiger partial charge in [-0.1, -0.05) is 52.0 Å². The Kier molecular flexibility index (Phi) is 13.3. The van der Waals surface area contributed by atoms with E-state index in [1.807, 2.05) is 27.7 Å². The van der Waals surface area contributed by atoms with Crippen LogP contribution in [0.5, 0.6) is 17.2 Å². The zero-order valence-corrected chi connectivity index (χ0v) is 25.6. The van der Waals surface area contributed by atoms with Crippen LogP contribution in [-0.2, 0) is 30.2 Å². The first-order valence-electron chi connectivity index (χ1n) is 13.9. The minimum atomic E-state index is -1.65. The molecule has 0 bridgehead atoms. The summed E-state index contributed by atoms with van der Waals surface area (Å²) in [6.45, 7) is 10.7. The van der Waals surface area contributed by atoms with E-state index in [1.54, 1.807) is 44.2 Å². The van der Waals surface area contributed by atoms with Crippen LogP contribution in [0, 0.1) is 11.8 Å². The molecule has 0 fully saturated rings. The average Bonchev–Trinajstić information content (AvgIpc) is 2.94. The van der Waals surface area contributed by atoms with Crippen LogP contribution in [-0.4, -0.2) is 55.9 Å². The molecular weight excluding hydrogens is 562 g/mol. The van der Waals surface area contributed by atoms with Gasteiger partial charge in [-0.15, -0.1) is 0 Å². The Morgan fingerprint density at radius 1 is 0.744 bits per heavy atom. The SMILES string of the molecule is COC(=O)[C@@](N)(CCOC(=O)Oc1ccccc1)Cc1ccc(OC(=O)OC(C)C(C)C)c(OC(=O)OC(C)C(C)C)c1. The second-order valence-corrected chi connectivity index (χ2v) is 10.7. The first-order chi connectivity index (χ1) is 20.2. The molecule has 0 saturated carbocycles. The number of ether oxygens (including phenoxy) is 7. The van der Waals surface area contributed by atoms with Gasteiger partial charge in [0.1, 0.15) is 23.5 Å². The molecule has 0 aliphatic rings. The number of carbonyl (C=O) groups excluding carboxylic acids is 4. The van der Waals surface area contributed by atoms with Crippen molar-refractivity contribution in [2.24, 2.45) is 17.6 Å². The Labute approximate surface area is 251 Å². The summed E-state index contributed by atoms with van der Waals surface area (Å²) in [6.07, 6.45) is -4.14. The van der Waals surface area contributed by atoms with Crippen molar-refractivity contribution in [1.29, 1.82) is 0 Å². The van der Waals surface area contributed by atoms with E-state index in [0.29, 0.717) is 5.56 Å². The molecule has 0 aromatic heterocycles. The molecule has 2 N–H and O–H groups in total. The summed E-state index contributed by atoms with van der Waals surface area (Å²) in [5.41, 5.74) is 5.19. The van der Waals surface area contributed by atoms with Crippen LogP contribution in [0.3, 0.4) is 0 Å². The second-order valence-electron chi connectivity index (χ2n) is 10.7. The predicted octanol–water partition coefficient (Wildman–Crippen LogP) is 5.83. The van der Waals surface area contributed by atoms with E-state index in [1.165, 1.54) is 25.3 Å². The minimum absolute atomic E-state index is 0.0206. The first kappa shape index (κ1) is 34.9. The van der Waals surface area contributed by atoms with E-state index in [9.17, 15) is 19.2 Å². The summed E-state index contributed by atoms with van der Waals surface area (Å²) in [7, 11) is 1.18. The molecule has 0 aliphatic carbocycles. The maximum atomic E-state index is 12.7. The van der Waals surface area contributed by atoms with Gasteiger partial charge in [-0.05, 0) is 55.5 Å². The van der Waals surface area contributed by atoms with Crippen LogP contribution >= 0.6 is 0 Å². The molecule has 0 spiro atoms. The van der Waals surface area contributed by atoms with Crippen LogP contribution in [0.1, 0.15) is 53.5 Å². The minimum Gasteiger partial charge on any atom is -0.468 e. The van der Waals surface area contributed by atoms with Gasteiger partial charge in [0.25, 0.3) is 0 Å². The van der Waals surface area contributed by atoms with Crippen molar-refractivity contribution in [2.45, 2.75) is 72.1 Å².